The van der Waals surface area contributed by atoms with E-state index in [1.165, 1.54) is 13.0 Å². The Morgan fingerprint density at radius 3 is 2.55 bits per heavy atom. The van der Waals surface area contributed by atoms with Gasteiger partial charge in [0.2, 0.25) is 0 Å². The molecule has 6 nitrogen and oxygen atoms in total. The smallest absolute Gasteiger partial charge is 0.491 e. The van der Waals surface area contributed by atoms with Gasteiger partial charge in [-0.3, -0.25) is 14.9 Å². The molecule has 0 aliphatic rings. The van der Waals surface area contributed by atoms with E-state index in [0.29, 0.717) is 0 Å². The number of nitro benzene ring substituents is 1. The van der Waals surface area contributed by atoms with Crippen LogP contribution in [0.2, 0.25) is 0 Å². The Bertz CT molecular complexity index is 476. The van der Waals surface area contributed by atoms with E-state index in [4.69, 9.17) is 4.74 Å². The lowest BCUT2D eigenvalue weighted by Gasteiger charge is -2.13. The number of nitro groups is 1. The number of aliphatic hydroxyl groups excluding tert-OH is 1. The van der Waals surface area contributed by atoms with Gasteiger partial charge in [-0.2, -0.15) is 0 Å². The van der Waals surface area contributed by atoms with Crippen molar-refractivity contribution in [3.63, 3.8) is 0 Å². The van der Waals surface area contributed by atoms with E-state index in [0.717, 1.165) is 12.1 Å². The number of benzene rings is 1. The molecule has 1 aromatic carbocycles. The molecular formula is C11H12F3NO5. The number of ether oxygens (including phenoxy) is 2. The predicted molar refractivity (Wildman–Crippen MR) is 61.2 cm³/mol. The summed E-state index contributed by atoms with van der Waals surface area (Å²) >= 11 is 0. The summed E-state index contributed by atoms with van der Waals surface area (Å²) < 4.78 is 43.8. The number of alkyl halides is 3. The first kappa shape index (κ1) is 16.2. The first-order chi connectivity index (χ1) is 9.20. The molecule has 0 aliphatic carbocycles. The Morgan fingerprint density at radius 2 is 2.05 bits per heavy atom. The number of nitrogens with zero attached hydrogens (tertiary/aromatic N) is 1. The van der Waals surface area contributed by atoms with Gasteiger partial charge in [-0.25, -0.2) is 0 Å². The molecule has 0 fully saturated rings. The second-order valence-corrected chi connectivity index (χ2v) is 3.80. The first-order valence-corrected chi connectivity index (χ1v) is 5.50. The fourth-order valence-electron chi connectivity index (χ4n) is 1.42. The minimum Gasteiger partial charge on any atom is -0.491 e. The maximum Gasteiger partial charge on any atom is 0.522 e. The lowest BCUT2D eigenvalue weighted by atomic mass is 10.1. The monoisotopic (exact) mass is 295 g/mol. The van der Waals surface area contributed by atoms with Gasteiger partial charge in [-0.1, -0.05) is 0 Å². The van der Waals surface area contributed by atoms with E-state index in [9.17, 15) is 28.4 Å². The zero-order chi connectivity index (χ0) is 15.3. The van der Waals surface area contributed by atoms with Crippen LogP contribution in [-0.2, 0) is 4.74 Å². The molecule has 0 heterocycles. The van der Waals surface area contributed by atoms with Crippen LogP contribution in [0.4, 0.5) is 18.9 Å². The molecule has 1 atom stereocenters. The van der Waals surface area contributed by atoms with Crippen molar-refractivity contribution in [1.82, 2.24) is 0 Å². The van der Waals surface area contributed by atoms with Gasteiger partial charge >= 0.3 is 6.36 Å². The standard InChI is InChI=1S/C11H12F3NO5/c1-7(16)9-6-8(15(17)18)2-3-10(9)19-4-5-20-11(12,13)14/h2-3,6-7,16H,4-5H2,1H3. The Labute approximate surface area is 111 Å². The van der Waals surface area contributed by atoms with E-state index in [1.54, 1.807) is 0 Å². The maximum absolute atomic E-state index is 11.7. The maximum atomic E-state index is 11.7. The van der Waals surface area contributed by atoms with Crippen molar-refractivity contribution in [3.8, 4) is 5.75 Å². The van der Waals surface area contributed by atoms with Crippen molar-refractivity contribution in [2.24, 2.45) is 0 Å². The number of hydrogen-bond acceptors (Lipinski definition) is 5. The second kappa shape index (κ2) is 6.53. The minimum atomic E-state index is -4.74. The van der Waals surface area contributed by atoms with Gasteiger partial charge < -0.3 is 9.84 Å². The van der Waals surface area contributed by atoms with Crippen LogP contribution in [0.25, 0.3) is 0 Å². The van der Waals surface area contributed by atoms with E-state index in [-0.39, 0.29) is 17.0 Å². The summed E-state index contributed by atoms with van der Waals surface area (Å²) in [6.45, 7) is 0.231. The molecule has 0 bridgehead atoms. The highest BCUT2D eigenvalue weighted by atomic mass is 19.4. The topological polar surface area (TPSA) is 81.8 Å². The van der Waals surface area contributed by atoms with Crippen molar-refractivity contribution in [1.29, 1.82) is 0 Å². The van der Waals surface area contributed by atoms with Crippen LogP contribution in [0.5, 0.6) is 5.75 Å². The fraction of sp³-hybridized carbons (Fsp3) is 0.455. The molecule has 0 aliphatic heterocycles. The number of halogens is 3. The SMILES string of the molecule is CC(O)c1cc([N+](=O)[O-])ccc1OCCOC(F)(F)F. The van der Waals surface area contributed by atoms with Crippen LogP contribution >= 0.6 is 0 Å². The van der Waals surface area contributed by atoms with Crippen molar-refractivity contribution in [3.05, 3.63) is 33.9 Å². The summed E-state index contributed by atoms with van der Waals surface area (Å²) in [4.78, 5) is 9.95. The van der Waals surface area contributed by atoms with Crippen LogP contribution < -0.4 is 4.74 Å². The van der Waals surface area contributed by atoms with Crippen molar-refractivity contribution in [2.75, 3.05) is 13.2 Å². The zero-order valence-corrected chi connectivity index (χ0v) is 10.4. The molecule has 1 unspecified atom stereocenters. The van der Waals surface area contributed by atoms with Gasteiger partial charge in [-0.15, -0.1) is 13.2 Å². The minimum absolute atomic E-state index is 0.0661. The summed E-state index contributed by atoms with van der Waals surface area (Å²) in [6.07, 6.45) is -5.81. The Morgan fingerprint density at radius 1 is 1.40 bits per heavy atom. The molecule has 0 radical (unpaired) electrons. The molecule has 0 aromatic heterocycles. The van der Waals surface area contributed by atoms with Gasteiger partial charge in [0.1, 0.15) is 12.4 Å². The van der Waals surface area contributed by atoms with Crippen LogP contribution in [0.3, 0.4) is 0 Å². The molecule has 1 N–H and O–H groups in total. The number of non-ortho nitro benzene ring substituents is 1. The average Bonchev–Trinajstić information content (AvgIpc) is 2.33. The molecular weight excluding hydrogens is 283 g/mol. The molecule has 0 spiro atoms. The Balaban J connectivity index is 2.72. The Kier molecular flexibility index (Phi) is 5.28. The Hall–Kier alpha value is -1.87. The van der Waals surface area contributed by atoms with Crippen molar-refractivity contribution < 1.29 is 32.7 Å². The summed E-state index contributed by atoms with van der Waals surface area (Å²) in [6, 6.07) is 3.45. The van der Waals surface area contributed by atoms with Crippen LogP contribution in [-0.4, -0.2) is 29.6 Å². The fourth-order valence-corrected chi connectivity index (χ4v) is 1.42. The molecule has 0 saturated carbocycles. The number of rotatable bonds is 6. The summed E-state index contributed by atoms with van der Waals surface area (Å²) in [5.74, 6) is 0.0661. The lowest BCUT2D eigenvalue weighted by Crippen LogP contribution is -2.18. The highest BCUT2D eigenvalue weighted by Crippen LogP contribution is 2.29. The number of aliphatic hydroxyl groups is 1. The molecule has 20 heavy (non-hydrogen) atoms. The predicted octanol–water partition coefficient (Wildman–Crippen LogP) is 2.56. The third kappa shape index (κ3) is 5.02. The van der Waals surface area contributed by atoms with E-state index in [2.05, 4.69) is 4.74 Å². The van der Waals surface area contributed by atoms with Crippen LogP contribution in [0, 0.1) is 10.1 Å². The van der Waals surface area contributed by atoms with Gasteiger partial charge in [0, 0.05) is 17.7 Å². The van der Waals surface area contributed by atoms with Crippen LogP contribution in [0.1, 0.15) is 18.6 Å². The molecule has 0 amide bonds. The van der Waals surface area contributed by atoms with Gasteiger partial charge in [0.05, 0.1) is 17.6 Å². The quantitative estimate of drug-likeness (QED) is 0.495. The molecule has 9 heteroatoms. The highest BCUT2D eigenvalue weighted by Gasteiger charge is 2.28. The third-order valence-corrected chi connectivity index (χ3v) is 2.26. The summed E-state index contributed by atoms with van der Waals surface area (Å²) in [5.41, 5.74) is -0.133. The zero-order valence-electron chi connectivity index (χ0n) is 10.4. The number of hydrogen-bond donors (Lipinski definition) is 1. The lowest BCUT2D eigenvalue weighted by molar-refractivity contribution is -0.385. The van der Waals surface area contributed by atoms with E-state index in [1.807, 2.05) is 0 Å². The van der Waals surface area contributed by atoms with Gasteiger partial charge in [0.25, 0.3) is 5.69 Å². The van der Waals surface area contributed by atoms with Crippen molar-refractivity contribution in [2.45, 2.75) is 19.4 Å². The van der Waals surface area contributed by atoms with Crippen LogP contribution in [0.15, 0.2) is 18.2 Å². The van der Waals surface area contributed by atoms with Crippen molar-refractivity contribution >= 4 is 5.69 Å². The molecule has 112 valence electrons. The van der Waals surface area contributed by atoms with Gasteiger partial charge in [0.15, 0.2) is 0 Å². The first-order valence-electron chi connectivity index (χ1n) is 5.50. The third-order valence-electron chi connectivity index (χ3n) is 2.26. The second-order valence-electron chi connectivity index (χ2n) is 3.80. The largest absolute Gasteiger partial charge is 0.522 e. The molecule has 1 aromatic rings. The molecule has 0 saturated heterocycles. The molecule has 1 rings (SSSR count). The van der Waals surface area contributed by atoms with E-state index < -0.39 is 30.6 Å². The van der Waals surface area contributed by atoms with Gasteiger partial charge in [-0.05, 0) is 13.0 Å². The average molecular weight is 295 g/mol. The van der Waals surface area contributed by atoms with E-state index >= 15 is 0 Å². The normalized spacial score (nSPS) is 13.1. The summed E-state index contributed by atoms with van der Waals surface area (Å²) in [5, 5.41) is 20.1. The summed E-state index contributed by atoms with van der Waals surface area (Å²) in [7, 11) is 0. The highest BCUT2D eigenvalue weighted by molar-refractivity contribution is 5.44.